The van der Waals surface area contributed by atoms with Gasteiger partial charge in [0.25, 0.3) is 0 Å². The quantitative estimate of drug-likeness (QED) is 0.613. The van der Waals surface area contributed by atoms with Crippen LogP contribution in [0.25, 0.3) is 0 Å². The van der Waals surface area contributed by atoms with Gasteiger partial charge < -0.3 is 10.0 Å². The molecule has 1 unspecified atom stereocenters. The van der Waals surface area contributed by atoms with Crippen LogP contribution in [0.5, 0.6) is 0 Å². The van der Waals surface area contributed by atoms with Crippen molar-refractivity contribution in [3.8, 4) is 0 Å². The fraction of sp³-hybridized carbons (Fsp3) is 0.923. The van der Waals surface area contributed by atoms with E-state index >= 15 is 0 Å². The molecule has 0 bridgehead atoms. The first-order valence-electron chi connectivity index (χ1n) is 6.75. The number of aliphatic imine (C=N–C) groups is 1. The number of nitrogens with zero attached hydrogens (tertiary/aromatic N) is 2. The molecule has 94 valence electrons. The smallest absolute Gasteiger partial charge is 0.0853 e. The molecule has 0 aliphatic carbocycles. The molecule has 0 aromatic rings. The Kier molecular flexibility index (Phi) is 7.23. The molecule has 1 aliphatic rings. The van der Waals surface area contributed by atoms with Crippen LogP contribution in [-0.4, -0.2) is 42.1 Å². The molecule has 0 fully saturated rings. The lowest BCUT2D eigenvalue weighted by Gasteiger charge is -2.26. The van der Waals surface area contributed by atoms with Crippen molar-refractivity contribution in [2.24, 2.45) is 4.99 Å². The van der Waals surface area contributed by atoms with Gasteiger partial charge in [-0.05, 0) is 12.8 Å². The van der Waals surface area contributed by atoms with E-state index in [1.54, 1.807) is 0 Å². The van der Waals surface area contributed by atoms with Crippen LogP contribution in [-0.2, 0) is 0 Å². The van der Waals surface area contributed by atoms with Crippen molar-refractivity contribution in [3.05, 3.63) is 0 Å². The first kappa shape index (κ1) is 13.5. The molecule has 0 aromatic heterocycles. The highest BCUT2D eigenvalue weighted by atomic mass is 16.3. The number of rotatable bonds is 9. The number of aliphatic hydroxyl groups excluding tert-OH is 1. The predicted octanol–water partition coefficient (Wildman–Crippen LogP) is 2.44. The Hall–Kier alpha value is -0.570. The molecule has 1 aliphatic heterocycles. The van der Waals surface area contributed by atoms with E-state index in [9.17, 15) is 0 Å². The molecule has 3 heteroatoms. The van der Waals surface area contributed by atoms with Crippen LogP contribution < -0.4 is 0 Å². The highest BCUT2D eigenvalue weighted by molar-refractivity contribution is 5.57. The van der Waals surface area contributed by atoms with E-state index in [1.807, 2.05) is 6.34 Å². The van der Waals surface area contributed by atoms with Crippen LogP contribution in [0.15, 0.2) is 4.99 Å². The summed E-state index contributed by atoms with van der Waals surface area (Å²) >= 11 is 0. The average molecular weight is 226 g/mol. The van der Waals surface area contributed by atoms with Gasteiger partial charge in [0, 0.05) is 19.2 Å². The van der Waals surface area contributed by atoms with Crippen molar-refractivity contribution in [3.63, 3.8) is 0 Å². The van der Waals surface area contributed by atoms with Gasteiger partial charge in [0.05, 0.1) is 12.9 Å². The second-order valence-corrected chi connectivity index (χ2v) is 4.63. The summed E-state index contributed by atoms with van der Waals surface area (Å²) < 4.78 is 0. The molecule has 1 N–H and O–H groups in total. The first-order valence-corrected chi connectivity index (χ1v) is 6.75. The van der Waals surface area contributed by atoms with Crippen LogP contribution >= 0.6 is 0 Å². The summed E-state index contributed by atoms with van der Waals surface area (Å²) in [5.74, 6) is 0. The van der Waals surface area contributed by atoms with Crippen LogP contribution in [0.3, 0.4) is 0 Å². The fourth-order valence-electron chi connectivity index (χ4n) is 2.28. The summed E-state index contributed by atoms with van der Waals surface area (Å²) in [5.41, 5.74) is 0. The Morgan fingerprint density at radius 2 is 2.06 bits per heavy atom. The van der Waals surface area contributed by atoms with Gasteiger partial charge in [0.2, 0.25) is 0 Å². The topological polar surface area (TPSA) is 35.8 Å². The normalized spacial score (nSPS) is 17.0. The van der Waals surface area contributed by atoms with Gasteiger partial charge in [-0.3, -0.25) is 4.99 Å². The summed E-state index contributed by atoms with van der Waals surface area (Å²) in [6, 6.07) is 0.512. The molecule has 0 saturated carbocycles. The number of hydrogen-bond donors (Lipinski definition) is 1. The molecule has 0 saturated heterocycles. The maximum absolute atomic E-state index is 9.07. The van der Waals surface area contributed by atoms with Crippen molar-refractivity contribution in [2.75, 3.05) is 19.7 Å². The molecule has 1 heterocycles. The van der Waals surface area contributed by atoms with Gasteiger partial charge in [0.1, 0.15) is 0 Å². The molecule has 0 radical (unpaired) electrons. The molecule has 0 amide bonds. The van der Waals surface area contributed by atoms with Crippen LogP contribution in [0.1, 0.15) is 51.9 Å². The molecular formula is C13H26N2O. The monoisotopic (exact) mass is 226 g/mol. The SMILES string of the molecule is CCCCCCCC(CCO)N1C=NCC1. The maximum Gasteiger partial charge on any atom is 0.0853 e. The highest BCUT2D eigenvalue weighted by Gasteiger charge is 2.17. The molecule has 1 rings (SSSR count). The minimum absolute atomic E-state index is 0.296. The second-order valence-electron chi connectivity index (χ2n) is 4.63. The van der Waals surface area contributed by atoms with Crippen molar-refractivity contribution in [1.29, 1.82) is 0 Å². The van der Waals surface area contributed by atoms with E-state index in [-0.39, 0.29) is 0 Å². The standard InChI is InChI=1S/C13H26N2O/c1-2-3-4-5-6-7-13(8-11-16)15-10-9-14-12-15/h12-13,16H,2-11H2,1H3. The zero-order chi connectivity index (χ0) is 11.6. The van der Waals surface area contributed by atoms with Crippen LogP contribution in [0.4, 0.5) is 0 Å². The summed E-state index contributed by atoms with van der Waals surface area (Å²) in [6.45, 7) is 4.51. The number of unbranched alkanes of at least 4 members (excludes halogenated alkanes) is 4. The third-order valence-corrected chi connectivity index (χ3v) is 3.29. The fourth-order valence-corrected chi connectivity index (χ4v) is 2.28. The summed E-state index contributed by atoms with van der Waals surface area (Å²) in [7, 11) is 0. The average Bonchev–Trinajstić information content (AvgIpc) is 2.81. The van der Waals surface area contributed by atoms with Crippen molar-refractivity contribution in [2.45, 2.75) is 57.9 Å². The van der Waals surface area contributed by atoms with Crippen molar-refractivity contribution >= 4 is 6.34 Å². The molecule has 16 heavy (non-hydrogen) atoms. The highest BCUT2D eigenvalue weighted by Crippen LogP contribution is 2.15. The minimum atomic E-state index is 0.296. The molecular weight excluding hydrogens is 200 g/mol. The molecule has 3 nitrogen and oxygen atoms in total. The van der Waals surface area contributed by atoms with E-state index in [1.165, 1.54) is 38.5 Å². The van der Waals surface area contributed by atoms with Gasteiger partial charge in [-0.25, -0.2) is 0 Å². The van der Waals surface area contributed by atoms with Crippen LogP contribution in [0, 0.1) is 0 Å². The zero-order valence-electron chi connectivity index (χ0n) is 10.6. The van der Waals surface area contributed by atoms with E-state index in [0.717, 1.165) is 19.5 Å². The van der Waals surface area contributed by atoms with Crippen molar-refractivity contribution < 1.29 is 5.11 Å². The van der Waals surface area contributed by atoms with E-state index < -0.39 is 0 Å². The van der Waals surface area contributed by atoms with E-state index in [0.29, 0.717) is 12.6 Å². The number of aliphatic hydroxyl groups is 1. The van der Waals surface area contributed by atoms with Gasteiger partial charge in [0.15, 0.2) is 0 Å². The molecule has 1 atom stereocenters. The summed E-state index contributed by atoms with van der Waals surface area (Å²) in [5, 5.41) is 9.07. The van der Waals surface area contributed by atoms with E-state index in [4.69, 9.17) is 5.11 Å². The third-order valence-electron chi connectivity index (χ3n) is 3.29. The Morgan fingerprint density at radius 1 is 1.25 bits per heavy atom. The maximum atomic E-state index is 9.07. The zero-order valence-corrected chi connectivity index (χ0v) is 10.6. The lowest BCUT2D eigenvalue weighted by Crippen LogP contribution is -2.33. The Balaban J connectivity index is 2.14. The minimum Gasteiger partial charge on any atom is -0.396 e. The van der Waals surface area contributed by atoms with Gasteiger partial charge in [-0.15, -0.1) is 0 Å². The largest absolute Gasteiger partial charge is 0.396 e. The lowest BCUT2D eigenvalue weighted by atomic mass is 10.0. The molecule has 0 spiro atoms. The van der Waals surface area contributed by atoms with E-state index in [2.05, 4.69) is 16.8 Å². The lowest BCUT2D eigenvalue weighted by molar-refractivity contribution is 0.219. The van der Waals surface area contributed by atoms with Crippen LogP contribution in [0.2, 0.25) is 0 Å². The third kappa shape index (κ3) is 4.97. The van der Waals surface area contributed by atoms with Gasteiger partial charge in [-0.1, -0.05) is 39.0 Å². The Labute approximate surface area is 99.6 Å². The predicted molar refractivity (Wildman–Crippen MR) is 68.9 cm³/mol. The van der Waals surface area contributed by atoms with Gasteiger partial charge in [-0.2, -0.15) is 0 Å². The second kappa shape index (κ2) is 8.57. The van der Waals surface area contributed by atoms with Gasteiger partial charge >= 0.3 is 0 Å². The first-order chi connectivity index (χ1) is 7.88. The van der Waals surface area contributed by atoms with Crippen molar-refractivity contribution in [1.82, 2.24) is 4.90 Å². The molecule has 0 aromatic carbocycles. The summed E-state index contributed by atoms with van der Waals surface area (Å²) in [6.07, 6.45) is 10.7. The Bertz CT molecular complexity index is 194. The Morgan fingerprint density at radius 3 is 2.69 bits per heavy atom. The summed E-state index contributed by atoms with van der Waals surface area (Å²) in [4.78, 5) is 6.55. The number of hydrogen-bond acceptors (Lipinski definition) is 3.